The van der Waals surface area contributed by atoms with Crippen molar-refractivity contribution in [3.63, 3.8) is 0 Å². The van der Waals surface area contributed by atoms with Gasteiger partial charge in [0.05, 0.1) is 20.4 Å². The van der Waals surface area contributed by atoms with Crippen LogP contribution in [0, 0.1) is 0 Å². The lowest BCUT2D eigenvalue weighted by atomic mass is 10.0. The molecule has 0 spiro atoms. The van der Waals surface area contributed by atoms with Gasteiger partial charge < -0.3 is 9.47 Å². The van der Waals surface area contributed by atoms with Crippen molar-refractivity contribution >= 4 is 28.1 Å². The Kier molecular flexibility index (Phi) is 3.58. The number of rotatable bonds is 3. The zero-order valence-electron chi connectivity index (χ0n) is 11.6. The van der Waals surface area contributed by atoms with Crippen LogP contribution in [0.4, 0.5) is 0 Å². The van der Waals surface area contributed by atoms with Crippen LogP contribution in [-0.4, -0.2) is 25.2 Å². The molecule has 3 aromatic rings. The number of methoxy groups -OCH3 is 2. The van der Waals surface area contributed by atoms with Gasteiger partial charge in [-0.05, 0) is 17.5 Å². The van der Waals surface area contributed by atoms with Crippen molar-refractivity contribution in [2.24, 2.45) is 0 Å². The fourth-order valence-electron chi connectivity index (χ4n) is 2.23. The van der Waals surface area contributed by atoms with E-state index in [-0.39, 0.29) is 5.97 Å². The number of carbonyl (C=O) groups excluding carboxylic acids is 1. The Morgan fingerprint density at radius 2 is 1.86 bits per heavy atom. The molecule has 106 valence electrons. The van der Waals surface area contributed by atoms with Crippen molar-refractivity contribution in [3.8, 4) is 16.3 Å². The van der Waals surface area contributed by atoms with Crippen LogP contribution in [0.3, 0.4) is 0 Å². The normalized spacial score (nSPS) is 10.6. The van der Waals surface area contributed by atoms with Crippen LogP contribution in [0.25, 0.3) is 21.3 Å². The fraction of sp³-hybridized carbons (Fsp3) is 0.125. The molecule has 4 nitrogen and oxygen atoms in total. The van der Waals surface area contributed by atoms with Crippen molar-refractivity contribution in [2.75, 3.05) is 14.2 Å². The first-order valence-electron chi connectivity index (χ1n) is 6.35. The van der Waals surface area contributed by atoms with Crippen molar-refractivity contribution < 1.29 is 14.3 Å². The first kappa shape index (κ1) is 13.6. The molecule has 0 atom stereocenters. The Balaban J connectivity index is 2.17. The number of aromatic nitrogens is 1. The molecule has 0 amide bonds. The lowest BCUT2D eigenvalue weighted by Crippen LogP contribution is -1.96. The van der Waals surface area contributed by atoms with Crippen LogP contribution in [0.1, 0.15) is 9.67 Å². The van der Waals surface area contributed by atoms with E-state index in [1.807, 2.05) is 36.4 Å². The summed E-state index contributed by atoms with van der Waals surface area (Å²) in [5, 5.41) is 2.85. The molecule has 0 N–H and O–H groups in total. The number of hydrogen-bond donors (Lipinski definition) is 0. The molecule has 0 saturated heterocycles. The van der Waals surface area contributed by atoms with E-state index >= 15 is 0 Å². The number of hydrogen-bond acceptors (Lipinski definition) is 5. The summed E-state index contributed by atoms with van der Waals surface area (Å²) in [7, 11) is 3.02. The van der Waals surface area contributed by atoms with Gasteiger partial charge in [0, 0.05) is 10.9 Å². The molecule has 0 aliphatic rings. The van der Waals surface area contributed by atoms with Gasteiger partial charge in [0.15, 0.2) is 0 Å². The predicted molar refractivity (Wildman–Crippen MR) is 82.9 cm³/mol. The highest BCUT2D eigenvalue weighted by Crippen LogP contribution is 2.36. The fourth-order valence-corrected chi connectivity index (χ4v) is 3.10. The van der Waals surface area contributed by atoms with E-state index in [1.165, 1.54) is 18.4 Å². The average Bonchev–Trinajstić information content (AvgIpc) is 3.02. The van der Waals surface area contributed by atoms with Crippen LogP contribution in [0.5, 0.6) is 5.75 Å². The number of esters is 1. The van der Waals surface area contributed by atoms with Crippen molar-refractivity contribution in [2.45, 2.75) is 0 Å². The number of fused-ring (bicyclic) bond motifs is 1. The molecule has 0 saturated carbocycles. The molecule has 0 aliphatic carbocycles. The molecule has 0 aliphatic heterocycles. The minimum absolute atomic E-state index is 0.364. The molecule has 21 heavy (non-hydrogen) atoms. The zero-order chi connectivity index (χ0) is 14.8. The topological polar surface area (TPSA) is 48.4 Å². The molecular weight excluding hydrogens is 286 g/mol. The summed E-state index contributed by atoms with van der Waals surface area (Å²) in [6.45, 7) is 0. The van der Waals surface area contributed by atoms with Gasteiger partial charge in [0.2, 0.25) is 0 Å². The van der Waals surface area contributed by atoms with Gasteiger partial charge in [-0.2, -0.15) is 0 Å². The summed E-state index contributed by atoms with van der Waals surface area (Å²) in [5.41, 5.74) is 0.978. The molecule has 1 heterocycles. The lowest BCUT2D eigenvalue weighted by Gasteiger charge is -2.08. The highest BCUT2D eigenvalue weighted by Gasteiger charge is 2.14. The summed E-state index contributed by atoms with van der Waals surface area (Å²) in [6, 6.07) is 11.8. The van der Waals surface area contributed by atoms with E-state index in [1.54, 1.807) is 13.3 Å². The number of nitrogens with zero attached hydrogens (tertiary/aromatic N) is 1. The van der Waals surface area contributed by atoms with Crippen LogP contribution >= 0.6 is 11.3 Å². The molecule has 5 heteroatoms. The van der Waals surface area contributed by atoms with Crippen LogP contribution in [0.2, 0.25) is 0 Å². The van der Waals surface area contributed by atoms with Gasteiger partial charge in [-0.15, -0.1) is 11.3 Å². The van der Waals surface area contributed by atoms with E-state index < -0.39 is 0 Å². The van der Waals surface area contributed by atoms with Crippen molar-refractivity contribution in [1.82, 2.24) is 4.98 Å². The largest absolute Gasteiger partial charge is 0.496 e. The van der Waals surface area contributed by atoms with Gasteiger partial charge in [-0.25, -0.2) is 9.78 Å². The maximum Gasteiger partial charge on any atom is 0.349 e. The quantitative estimate of drug-likeness (QED) is 0.691. The Labute approximate surface area is 126 Å². The predicted octanol–water partition coefficient (Wildman–Crippen LogP) is 3.76. The second-order valence-corrected chi connectivity index (χ2v) is 5.41. The molecule has 0 fully saturated rings. The highest BCUT2D eigenvalue weighted by molar-refractivity contribution is 7.16. The smallest absolute Gasteiger partial charge is 0.349 e. The van der Waals surface area contributed by atoms with E-state index in [9.17, 15) is 4.79 Å². The first-order chi connectivity index (χ1) is 10.2. The van der Waals surface area contributed by atoms with E-state index in [2.05, 4.69) is 4.98 Å². The molecule has 0 radical (unpaired) electrons. The molecular formula is C16H13NO3S. The molecule has 1 aromatic heterocycles. The summed E-state index contributed by atoms with van der Waals surface area (Å²) in [5.74, 6) is 0.454. The van der Waals surface area contributed by atoms with Gasteiger partial charge in [-0.1, -0.05) is 24.3 Å². The second kappa shape index (κ2) is 5.54. The summed E-state index contributed by atoms with van der Waals surface area (Å²) < 4.78 is 10.1. The SMILES string of the molecule is COC(=O)c1cnc(-c2ccc(OC)c3ccccc23)s1. The maximum atomic E-state index is 11.6. The molecule has 0 unspecified atom stereocenters. The number of benzene rings is 2. The Bertz CT molecular complexity index is 810. The van der Waals surface area contributed by atoms with E-state index in [0.29, 0.717) is 4.88 Å². The van der Waals surface area contributed by atoms with Gasteiger partial charge in [0.1, 0.15) is 15.6 Å². The average molecular weight is 299 g/mol. The molecule has 2 aromatic carbocycles. The lowest BCUT2D eigenvalue weighted by molar-refractivity contribution is 0.0606. The summed E-state index contributed by atoms with van der Waals surface area (Å²) in [6.07, 6.45) is 1.55. The van der Waals surface area contributed by atoms with Crippen molar-refractivity contribution in [1.29, 1.82) is 0 Å². The molecule has 0 bridgehead atoms. The van der Waals surface area contributed by atoms with Gasteiger partial charge in [-0.3, -0.25) is 0 Å². The maximum absolute atomic E-state index is 11.6. The third-order valence-electron chi connectivity index (χ3n) is 3.23. The van der Waals surface area contributed by atoms with E-state index in [4.69, 9.17) is 9.47 Å². The zero-order valence-corrected chi connectivity index (χ0v) is 12.4. The Morgan fingerprint density at radius 1 is 1.10 bits per heavy atom. The Morgan fingerprint density at radius 3 is 2.57 bits per heavy atom. The Hall–Kier alpha value is -2.40. The number of ether oxygens (including phenoxy) is 2. The second-order valence-electron chi connectivity index (χ2n) is 4.38. The van der Waals surface area contributed by atoms with E-state index in [0.717, 1.165) is 27.1 Å². The number of carbonyl (C=O) groups is 1. The van der Waals surface area contributed by atoms with Gasteiger partial charge in [0.25, 0.3) is 0 Å². The van der Waals surface area contributed by atoms with Crippen molar-refractivity contribution in [3.05, 3.63) is 47.5 Å². The third-order valence-corrected chi connectivity index (χ3v) is 4.24. The van der Waals surface area contributed by atoms with Crippen LogP contribution < -0.4 is 4.74 Å². The van der Waals surface area contributed by atoms with Crippen LogP contribution in [-0.2, 0) is 4.74 Å². The monoisotopic (exact) mass is 299 g/mol. The minimum atomic E-state index is -0.364. The highest BCUT2D eigenvalue weighted by atomic mass is 32.1. The molecule has 3 rings (SSSR count). The first-order valence-corrected chi connectivity index (χ1v) is 7.16. The summed E-state index contributed by atoms with van der Waals surface area (Å²) >= 11 is 1.32. The summed E-state index contributed by atoms with van der Waals surface area (Å²) in [4.78, 5) is 16.4. The number of thiazole rings is 1. The van der Waals surface area contributed by atoms with Crippen LogP contribution in [0.15, 0.2) is 42.6 Å². The third kappa shape index (κ3) is 2.36. The minimum Gasteiger partial charge on any atom is -0.496 e. The standard InChI is InChI=1S/C16H13NO3S/c1-19-13-8-7-12(10-5-3-4-6-11(10)13)15-17-9-14(21-15)16(18)20-2/h3-9H,1-2H3. The van der Waals surface area contributed by atoms with Gasteiger partial charge >= 0.3 is 5.97 Å².